The Labute approximate surface area is 148 Å². The van der Waals surface area contributed by atoms with E-state index in [0.29, 0.717) is 44.0 Å². The number of nitro groups is 1. The summed E-state index contributed by atoms with van der Waals surface area (Å²) >= 11 is 1.40. The van der Waals surface area contributed by atoms with Gasteiger partial charge in [0, 0.05) is 13.1 Å². The van der Waals surface area contributed by atoms with Gasteiger partial charge in [-0.05, 0) is 31.2 Å². The highest BCUT2D eigenvalue weighted by Crippen LogP contribution is 2.38. The first-order valence-corrected chi connectivity index (χ1v) is 8.94. The average Bonchev–Trinajstić information content (AvgIpc) is 3.16. The summed E-state index contributed by atoms with van der Waals surface area (Å²) in [7, 11) is 0. The maximum atomic E-state index is 11.9. The van der Waals surface area contributed by atoms with Crippen LogP contribution in [0.4, 0.5) is 11.5 Å². The fraction of sp³-hybridized carbons (Fsp3) is 0.438. The molecule has 0 bridgehead atoms. The first kappa shape index (κ1) is 17.3. The van der Waals surface area contributed by atoms with Gasteiger partial charge in [0.1, 0.15) is 6.33 Å². The molecule has 0 radical (unpaired) electrons. The molecular formula is C16H18N4O4S. The van der Waals surface area contributed by atoms with Gasteiger partial charge in [0.2, 0.25) is 5.82 Å². The van der Waals surface area contributed by atoms with E-state index in [-0.39, 0.29) is 17.6 Å². The van der Waals surface area contributed by atoms with Crippen LogP contribution >= 0.6 is 11.3 Å². The molecule has 3 heterocycles. The summed E-state index contributed by atoms with van der Waals surface area (Å²) < 4.78 is 5.06. The lowest BCUT2D eigenvalue weighted by atomic mass is 9.97. The van der Waals surface area contributed by atoms with Gasteiger partial charge in [-0.25, -0.2) is 9.97 Å². The Morgan fingerprint density at radius 1 is 1.44 bits per heavy atom. The first-order chi connectivity index (χ1) is 12.1. The zero-order chi connectivity index (χ0) is 17.8. The number of carbonyl (C=O) groups is 1. The second-order valence-electron chi connectivity index (χ2n) is 5.64. The number of carbonyl (C=O) groups excluding carboxylic acids is 1. The van der Waals surface area contributed by atoms with Crippen molar-refractivity contribution in [1.82, 2.24) is 9.97 Å². The summed E-state index contributed by atoms with van der Waals surface area (Å²) in [6.45, 7) is 3.18. The van der Waals surface area contributed by atoms with Gasteiger partial charge >= 0.3 is 11.7 Å². The highest BCUT2D eigenvalue weighted by atomic mass is 32.1. The van der Waals surface area contributed by atoms with Crippen molar-refractivity contribution in [2.24, 2.45) is 5.92 Å². The highest BCUT2D eigenvalue weighted by molar-refractivity contribution is 7.13. The Morgan fingerprint density at radius 3 is 2.80 bits per heavy atom. The molecule has 9 heteroatoms. The lowest BCUT2D eigenvalue weighted by Crippen LogP contribution is -2.37. The normalized spacial score (nSPS) is 15.2. The van der Waals surface area contributed by atoms with Gasteiger partial charge in [0.25, 0.3) is 0 Å². The molecule has 2 aromatic rings. The molecule has 1 fully saturated rings. The van der Waals surface area contributed by atoms with Gasteiger partial charge in [-0.1, -0.05) is 6.07 Å². The Bertz CT molecular complexity index is 758. The number of hydrogen-bond donors (Lipinski definition) is 0. The topological polar surface area (TPSA) is 98.5 Å². The summed E-state index contributed by atoms with van der Waals surface area (Å²) in [6, 6.07) is 3.63. The van der Waals surface area contributed by atoms with Gasteiger partial charge in [0.05, 0.1) is 22.3 Å². The first-order valence-electron chi connectivity index (χ1n) is 8.06. The number of anilines is 1. The minimum absolute atomic E-state index is 0.0838. The van der Waals surface area contributed by atoms with Crippen LogP contribution < -0.4 is 4.90 Å². The minimum atomic E-state index is -0.429. The lowest BCUT2D eigenvalue weighted by molar-refractivity contribution is -0.383. The number of ether oxygens (including phenoxy) is 1. The van der Waals surface area contributed by atoms with Crippen molar-refractivity contribution in [3.63, 3.8) is 0 Å². The zero-order valence-electron chi connectivity index (χ0n) is 13.8. The number of aromatic nitrogens is 2. The van der Waals surface area contributed by atoms with Crippen molar-refractivity contribution >= 4 is 28.8 Å². The van der Waals surface area contributed by atoms with Gasteiger partial charge in [-0.3, -0.25) is 14.9 Å². The van der Waals surface area contributed by atoms with Crippen molar-refractivity contribution in [2.45, 2.75) is 19.8 Å². The molecule has 0 aliphatic carbocycles. The lowest BCUT2D eigenvalue weighted by Gasteiger charge is -2.31. The van der Waals surface area contributed by atoms with Gasteiger partial charge in [0.15, 0.2) is 5.69 Å². The molecule has 0 saturated carbocycles. The van der Waals surface area contributed by atoms with E-state index in [1.54, 1.807) is 13.0 Å². The number of nitrogens with zero attached hydrogens (tertiary/aromatic N) is 4. The van der Waals surface area contributed by atoms with E-state index in [1.165, 1.54) is 17.7 Å². The van der Waals surface area contributed by atoms with E-state index in [4.69, 9.17) is 4.74 Å². The predicted octanol–water partition coefficient (Wildman–Crippen LogP) is 2.89. The monoisotopic (exact) mass is 362 g/mol. The van der Waals surface area contributed by atoms with Gasteiger partial charge < -0.3 is 9.64 Å². The Kier molecular flexibility index (Phi) is 5.22. The smallest absolute Gasteiger partial charge is 0.338 e. The van der Waals surface area contributed by atoms with Crippen molar-refractivity contribution in [2.75, 3.05) is 24.6 Å². The van der Waals surface area contributed by atoms with E-state index >= 15 is 0 Å². The van der Waals surface area contributed by atoms with Gasteiger partial charge in [-0.15, -0.1) is 11.3 Å². The number of rotatable bonds is 5. The number of thiophene rings is 1. The van der Waals surface area contributed by atoms with Crippen molar-refractivity contribution < 1.29 is 14.5 Å². The highest BCUT2D eigenvalue weighted by Gasteiger charge is 2.32. The van der Waals surface area contributed by atoms with E-state index < -0.39 is 4.92 Å². The molecule has 0 N–H and O–H groups in total. The third kappa shape index (κ3) is 3.60. The molecule has 2 aromatic heterocycles. The second kappa shape index (κ2) is 7.56. The molecule has 0 unspecified atom stereocenters. The molecule has 0 spiro atoms. The molecule has 0 amide bonds. The molecule has 0 atom stereocenters. The molecule has 0 aromatic carbocycles. The molecular weight excluding hydrogens is 344 g/mol. The molecule has 25 heavy (non-hydrogen) atoms. The molecule has 1 saturated heterocycles. The van der Waals surface area contributed by atoms with Crippen LogP contribution in [0.1, 0.15) is 19.8 Å². The van der Waals surface area contributed by atoms with Crippen LogP contribution in [0.3, 0.4) is 0 Å². The molecule has 132 valence electrons. The fourth-order valence-electron chi connectivity index (χ4n) is 2.95. The van der Waals surface area contributed by atoms with Crippen molar-refractivity contribution in [3.05, 3.63) is 34.0 Å². The number of hydrogen-bond acceptors (Lipinski definition) is 8. The zero-order valence-corrected chi connectivity index (χ0v) is 14.6. The Morgan fingerprint density at radius 2 is 2.20 bits per heavy atom. The summed E-state index contributed by atoms with van der Waals surface area (Å²) in [5.74, 6) is -0.0434. The fourth-order valence-corrected chi connectivity index (χ4v) is 3.67. The standard InChI is InChI=1S/C16H18N4O4S/c1-2-24-16(21)11-5-7-19(8-6-11)15-14(20(22)23)13(17-10-18-15)12-4-3-9-25-12/h3-4,9-11H,2,5-8H2,1H3. The maximum absolute atomic E-state index is 11.9. The van der Waals surface area contributed by atoms with E-state index in [9.17, 15) is 14.9 Å². The number of piperidine rings is 1. The van der Waals surface area contributed by atoms with Crippen LogP contribution in [0.15, 0.2) is 23.8 Å². The van der Waals surface area contributed by atoms with Crippen molar-refractivity contribution in [3.8, 4) is 10.6 Å². The van der Waals surface area contributed by atoms with Crippen LogP contribution in [0.25, 0.3) is 10.6 Å². The maximum Gasteiger partial charge on any atom is 0.338 e. The minimum Gasteiger partial charge on any atom is -0.466 e. The van der Waals surface area contributed by atoms with Gasteiger partial charge in [-0.2, -0.15) is 0 Å². The van der Waals surface area contributed by atoms with Crippen LogP contribution in [0.2, 0.25) is 0 Å². The summed E-state index contributed by atoms with van der Waals surface area (Å²) in [5, 5.41) is 13.5. The third-order valence-corrected chi connectivity index (χ3v) is 5.03. The van der Waals surface area contributed by atoms with Crippen LogP contribution in [-0.4, -0.2) is 40.6 Å². The third-order valence-electron chi connectivity index (χ3n) is 4.15. The van der Waals surface area contributed by atoms with Crippen LogP contribution in [-0.2, 0) is 9.53 Å². The number of esters is 1. The van der Waals surface area contributed by atoms with Crippen LogP contribution in [0, 0.1) is 16.0 Å². The Balaban J connectivity index is 1.85. The van der Waals surface area contributed by atoms with Crippen LogP contribution in [0.5, 0.6) is 0 Å². The van der Waals surface area contributed by atoms with Crippen molar-refractivity contribution in [1.29, 1.82) is 0 Å². The van der Waals surface area contributed by atoms with E-state index in [0.717, 1.165) is 4.88 Å². The summed E-state index contributed by atoms with van der Waals surface area (Å²) in [5.41, 5.74) is 0.247. The molecule has 8 nitrogen and oxygen atoms in total. The molecule has 3 rings (SSSR count). The van der Waals surface area contributed by atoms with E-state index in [2.05, 4.69) is 9.97 Å². The second-order valence-corrected chi connectivity index (χ2v) is 6.59. The largest absolute Gasteiger partial charge is 0.466 e. The average molecular weight is 362 g/mol. The molecule has 1 aliphatic rings. The van der Waals surface area contributed by atoms with E-state index in [1.807, 2.05) is 16.3 Å². The SMILES string of the molecule is CCOC(=O)C1CCN(c2ncnc(-c3cccs3)c2[N+](=O)[O-])CC1. The molecule has 1 aliphatic heterocycles. The quantitative estimate of drug-likeness (QED) is 0.458. The Hall–Kier alpha value is -2.55. The predicted molar refractivity (Wildman–Crippen MR) is 93.6 cm³/mol. The summed E-state index contributed by atoms with van der Waals surface area (Å²) in [4.78, 5) is 34.0. The summed E-state index contributed by atoms with van der Waals surface area (Å²) in [6.07, 6.45) is 2.54.